The second kappa shape index (κ2) is 6.69. The zero-order chi connectivity index (χ0) is 19.0. The topological polar surface area (TPSA) is 91.6 Å². The Balaban J connectivity index is 2.04. The molecule has 27 heavy (non-hydrogen) atoms. The van der Waals surface area contributed by atoms with Gasteiger partial charge in [0.1, 0.15) is 0 Å². The number of rotatable bonds is 4. The van der Waals surface area contributed by atoms with Crippen LogP contribution in [0.1, 0.15) is 22.5 Å². The molecule has 136 valence electrons. The lowest BCUT2D eigenvalue weighted by atomic mass is 10.0. The number of carboxylic acid groups (broad SMARTS) is 1. The minimum atomic E-state index is -1.11. The predicted molar refractivity (Wildman–Crippen MR) is 99.7 cm³/mol. The van der Waals surface area contributed by atoms with Gasteiger partial charge in [-0.1, -0.05) is 36.4 Å². The first kappa shape index (κ1) is 17.0. The lowest BCUT2D eigenvalue weighted by Crippen LogP contribution is -2.36. The van der Waals surface area contributed by atoms with E-state index in [0.717, 1.165) is 0 Å². The van der Waals surface area contributed by atoms with E-state index < -0.39 is 5.97 Å². The number of nitrogens with one attached hydrogen (secondary N) is 1. The number of para-hydroxylation sites is 1. The third kappa shape index (κ3) is 2.98. The summed E-state index contributed by atoms with van der Waals surface area (Å²) < 4.78 is 1.43. The summed E-state index contributed by atoms with van der Waals surface area (Å²) >= 11 is 0. The molecule has 0 saturated carbocycles. The standard InChI is InChI=1S/C20H17N3O4/c24-17-10-11-22(21-17)12-16-18(20(26)27)14-8-4-5-9-15(14)19(25)23(16)13-6-2-1-3-7-13/h1-9H,10-12H2,(H,21,24)(H,26,27). The number of carbonyl (C=O) groups excluding carboxylic acids is 1. The van der Waals surface area contributed by atoms with Crippen LogP contribution in [0.2, 0.25) is 0 Å². The van der Waals surface area contributed by atoms with Gasteiger partial charge >= 0.3 is 5.97 Å². The third-order valence-electron chi connectivity index (χ3n) is 4.65. The van der Waals surface area contributed by atoms with Gasteiger partial charge < -0.3 is 5.11 Å². The monoisotopic (exact) mass is 363 g/mol. The summed E-state index contributed by atoms with van der Waals surface area (Å²) in [6, 6.07) is 15.6. The fourth-order valence-electron chi connectivity index (χ4n) is 3.46. The first-order chi connectivity index (χ1) is 13.1. The number of benzene rings is 2. The molecule has 1 fully saturated rings. The highest BCUT2D eigenvalue weighted by molar-refractivity contribution is 6.04. The maximum absolute atomic E-state index is 13.2. The molecule has 1 aromatic heterocycles. The number of aromatic carboxylic acids is 1. The summed E-state index contributed by atoms with van der Waals surface area (Å²) in [5.41, 5.74) is 3.39. The van der Waals surface area contributed by atoms with Crippen LogP contribution in [0.5, 0.6) is 0 Å². The molecular weight excluding hydrogens is 346 g/mol. The number of aromatic nitrogens is 1. The van der Waals surface area contributed by atoms with Gasteiger partial charge in [0.25, 0.3) is 5.56 Å². The molecule has 2 aromatic carbocycles. The Hall–Kier alpha value is -3.45. The molecule has 1 aliphatic rings. The van der Waals surface area contributed by atoms with Gasteiger partial charge in [0.2, 0.25) is 5.91 Å². The Kier molecular flexibility index (Phi) is 4.21. The van der Waals surface area contributed by atoms with E-state index in [9.17, 15) is 19.5 Å². The molecule has 1 aliphatic heterocycles. The van der Waals surface area contributed by atoms with Crippen molar-refractivity contribution < 1.29 is 14.7 Å². The molecule has 7 nitrogen and oxygen atoms in total. The molecule has 0 bridgehead atoms. The number of hydrogen-bond donors (Lipinski definition) is 2. The molecule has 4 rings (SSSR count). The van der Waals surface area contributed by atoms with Gasteiger partial charge in [-0.2, -0.15) is 0 Å². The van der Waals surface area contributed by atoms with Crippen molar-refractivity contribution in [2.24, 2.45) is 0 Å². The summed E-state index contributed by atoms with van der Waals surface area (Å²) in [7, 11) is 0. The van der Waals surface area contributed by atoms with Crippen molar-refractivity contribution in [3.8, 4) is 5.69 Å². The smallest absolute Gasteiger partial charge is 0.338 e. The maximum atomic E-state index is 13.2. The molecule has 7 heteroatoms. The summed E-state index contributed by atoms with van der Waals surface area (Å²) in [5.74, 6) is -1.24. The number of pyridine rings is 1. The van der Waals surface area contributed by atoms with E-state index in [1.165, 1.54) is 4.57 Å². The Morgan fingerprint density at radius 1 is 1.00 bits per heavy atom. The van der Waals surface area contributed by atoms with Gasteiger partial charge in [0.15, 0.2) is 0 Å². The van der Waals surface area contributed by atoms with E-state index >= 15 is 0 Å². The van der Waals surface area contributed by atoms with Crippen LogP contribution >= 0.6 is 0 Å². The van der Waals surface area contributed by atoms with Crippen molar-refractivity contribution in [1.29, 1.82) is 0 Å². The fourth-order valence-corrected chi connectivity index (χ4v) is 3.46. The number of hydrogen-bond acceptors (Lipinski definition) is 4. The zero-order valence-electron chi connectivity index (χ0n) is 14.4. The van der Waals surface area contributed by atoms with Gasteiger partial charge in [0.05, 0.1) is 17.8 Å². The molecule has 0 spiro atoms. The molecule has 2 N–H and O–H groups in total. The Bertz CT molecular complexity index is 1110. The largest absolute Gasteiger partial charge is 0.478 e. The summed E-state index contributed by atoms with van der Waals surface area (Å²) in [4.78, 5) is 36.9. The van der Waals surface area contributed by atoms with Crippen molar-refractivity contribution >= 4 is 22.6 Å². The van der Waals surface area contributed by atoms with Crippen molar-refractivity contribution in [2.75, 3.05) is 6.54 Å². The van der Waals surface area contributed by atoms with Crippen LogP contribution in [0.3, 0.4) is 0 Å². The quantitative estimate of drug-likeness (QED) is 0.739. The summed E-state index contributed by atoms with van der Waals surface area (Å²) in [6.07, 6.45) is 0.339. The van der Waals surface area contributed by atoms with Gasteiger partial charge in [-0.25, -0.2) is 9.80 Å². The van der Waals surface area contributed by atoms with Crippen molar-refractivity contribution in [1.82, 2.24) is 15.0 Å². The van der Waals surface area contributed by atoms with Crippen LogP contribution in [0.4, 0.5) is 0 Å². The molecule has 1 amide bonds. The minimum Gasteiger partial charge on any atom is -0.478 e. The van der Waals surface area contributed by atoms with Crippen LogP contribution < -0.4 is 11.0 Å². The molecule has 0 unspecified atom stereocenters. The van der Waals surface area contributed by atoms with E-state index in [1.54, 1.807) is 53.5 Å². The second-order valence-corrected chi connectivity index (χ2v) is 6.36. The minimum absolute atomic E-state index is 0.0650. The third-order valence-corrected chi connectivity index (χ3v) is 4.65. The van der Waals surface area contributed by atoms with Crippen LogP contribution in [-0.4, -0.2) is 33.1 Å². The average Bonchev–Trinajstić information content (AvgIpc) is 3.07. The molecule has 1 saturated heterocycles. The highest BCUT2D eigenvalue weighted by Crippen LogP contribution is 2.24. The van der Waals surface area contributed by atoms with Crippen LogP contribution in [0.15, 0.2) is 59.4 Å². The number of carbonyl (C=O) groups is 2. The molecule has 3 aromatic rings. The van der Waals surface area contributed by atoms with E-state index in [2.05, 4.69) is 5.43 Å². The first-order valence-corrected chi connectivity index (χ1v) is 8.56. The number of hydrazine groups is 1. The Labute approximate surface area is 154 Å². The zero-order valence-corrected chi connectivity index (χ0v) is 14.4. The van der Waals surface area contributed by atoms with Gasteiger partial charge in [-0.05, 0) is 18.2 Å². The maximum Gasteiger partial charge on any atom is 0.338 e. The second-order valence-electron chi connectivity index (χ2n) is 6.36. The van der Waals surface area contributed by atoms with Crippen molar-refractivity contribution in [2.45, 2.75) is 13.0 Å². The Morgan fingerprint density at radius 2 is 1.67 bits per heavy atom. The van der Waals surface area contributed by atoms with E-state index in [0.29, 0.717) is 35.1 Å². The van der Waals surface area contributed by atoms with Crippen LogP contribution in [0, 0.1) is 0 Å². The highest BCUT2D eigenvalue weighted by atomic mass is 16.4. The van der Waals surface area contributed by atoms with Gasteiger partial charge in [-0.3, -0.25) is 19.6 Å². The normalized spacial score (nSPS) is 14.4. The van der Waals surface area contributed by atoms with Crippen LogP contribution in [0.25, 0.3) is 16.5 Å². The van der Waals surface area contributed by atoms with Gasteiger partial charge in [0, 0.05) is 29.4 Å². The first-order valence-electron chi connectivity index (χ1n) is 8.56. The van der Waals surface area contributed by atoms with E-state index in [4.69, 9.17) is 0 Å². The Morgan fingerprint density at radius 3 is 2.30 bits per heavy atom. The average molecular weight is 363 g/mol. The lowest BCUT2D eigenvalue weighted by Gasteiger charge is -2.22. The fraction of sp³-hybridized carbons (Fsp3) is 0.150. The number of amides is 1. The molecule has 0 aliphatic carbocycles. The molecular formula is C20H17N3O4. The predicted octanol–water partition coefficient (Wildman–Crippen LogP) is 1.93. The van der Waals surface area contributed by atoms with Crippen molar-refractivity contribution in [3.05, 3.63) is 76.2 Å². The SMILES string of the molecule is O=C1CCN(Cc2c(C(=O)O)c3ccccc3c(=O)n2-c2ccccc2)N1. The molecule has 0 radical (unpaired) electrons. The van der Waals surface area contributed by atoms with Gasteiger partial charge in [-0.15, -0.1) is 0 Å². The summed E-state index contributed by atoms with van der Waals surface area (Å²) in [5, 5.41) is 12.3. The highest BCUT2D eigenvalue weighted by Gasteiger charge is 2.26. The van der Waals surface area contributed by atoms with Crippen molar-refractivity contribution in [3.63, 3.8) is 0 Å². The van der Waals surface area contributed by atoms with E-state index in [-0.39, 0.29) is 23.6 Å². The molecule has 0 atom stereocenters. The number of nitrogens with zero attached hydrogens (tertiary/aromatic N) is 2. The van der Waals surface area contributed by atoms with Crippen LogP contribution in [-0.2, 0) is 11.3 Å². The van der Waals surface area contributed by atoms with E-state index in [1.807, 2.05) is 6.07 Å². The molecule has 2 heterocycles. The summed E-state index contributed by atoms with van der Waals surface area (Å²) in [6.45, 7) is 0.566. The number of carboxylic acids is 1. The lowest BCUT2D eigenvalue weighted by molar-refractivity contribution is -0.121. The number of fused-ring (bicyclic) bond motifs is 1.